The fourth-order valence-corrected chi connectivity index (χ4v) is 10.0. The maximum atomic E-state index is 12.6. The average molecular weight is 658 g/mol. The summed E-state index contributed by atoms with van der Waals surface area (Å²) in [5, 5.41) is 41.8. The van der Waals surface area contributed by atoms with Gasteiger partial charge in [0.2, 0.25) is 5.91 Å². The smallest absolute Gasteiger partial charge is 0.408 e. The van der Waals surface area contributed by atoms with Gasteiger partial charge >= 0.3 is 6.09 Å². The Morgan fingerprint density at radius 2 is 1.79 bits per heavy atom. The first-order valence-electron chi connectivity index (χ1n) is 17.4. The zero-order valence-electron chi connectivity index (χ0n) is 28.2. The molecule has 262 valence electrons. The Balaban J connectivity index is 1.27. The normalized spacial score (nSPS) is 37.3. The molecule has 0 aromatic rings. The largest absolute Gasteiger partial charge is 0.447 e. The maximum absolute atomic E-state index is 12.6. The highest BCUT2D eigenvalue weighted by Crippen LogP contribution is 2.68. The van der Waals surface area contributed by atoms with Crippen molar-refractivity contribution < 1.29 is 34.4 Å². The predicted molar refractivity (Wildman–Crippen MR) is 176 cm³/mol. The monoisotopic (exact) mass is 657 g/mol. The maximum Gasteiger partial charge on any atom is 0.408 e. The summed E-state index contributed by atoms with van der Waals surface area (Å²) in [6.07, 6.45) is 13.4. The third-order valence-electron chi connectivity index (χ3n) is 12.3. The van der Waals surface area contributed by atoms with Crippen molar-refractivity contribution in [3.05, 3.63) is 22.6 Å². The summed E-state index contributed by atoms with van der Waals surface area (Å²) in [4.78, 5) is 27.4. The summed E-state index contributed by atoms with van der Waals surface area (Å²) >= 11 is 0. The van der Waals surface area contributed by atoms with Crippen LogP contribution in [0.4, 0.5) is 4.79 Å². The number of terminal acetylenes is 1. The molecule has 0 aromatic heterocycles. The summed E-state index contributed by atoms with van der Waals surface area (Å²) in [6.45, 7) is 7.36. The SMILES string of the molecule is C#CCCOCCOC(=O)NC(CN=[N+]=[N-])NC(=O)C=CCC[C@@H](C)[C@H]1CC[C@H]2[C@@H]3C(O)C(O)[C@@H]4C[C@H](O)CC[C@]4(C)[C@H]3CC[C@]12C. The predicted octanol–water partition coefficient (Wildman–Crippen LogP) is 4.44. The number of hydrogen-bond acceptors (Lipinski definition) is 8. The Bertz CT molecular complexity index is 1200. The van der Waals surface area contributed by atoms with Crippen LogP contribution < -0.4 is 10.6 Å². The zero-order chi connectivity index (χ0) is 34.2. The molecule has 12 atom stereocenters. The highest BCUT2D eigenvalue weighted by molar-refractivity contribution is 5.88. The molecule has 4 fully saturated rings. The van der Waals surface area contributed by atoms with Gasteiger partial charge in [-0.2, -0.15) is 0 Å². The molecule has 3 unspecified atom stereocenters. The Labute approximate surface area is 279 Å². The second-order valence-electron chi connectivity index (χ2n) is 14.8. The lowest BCUT2D eigenvalue weighted by Gasteiger charge is -2.63. The van der Waals surface area contributed by atoms with Crippen molar-refractivity contribution in [2.75, 3.05) is 26.4 Å². The molecule has 2 amide bonds. The van der Waals surface area contributed by atoms with Crippen LogP contribution in [0, 0.1) is 58.7 Å². The van der Waals surface area contributed by atoms with Crippen LogP contribution in [0.3, 0.4) is 0 Å². The molecule has 5 N–H and O–H groups in total. The van der Waals surface area contributed by atoms with Gasteiger partial charge in [-0.25, -0.2) is 4.79 Å². The van der Waals surface area contributed by atoms with Crippen LogP contribution in [0.2, 0.25) is 0 Å². The van der Waals surface area contributed by atoms with Gasteiger partial charge in [0.1, 0.15) is 12.8 Å². The minimum absolute atomic E-state index is 0.00604. The van der Waals surface area contributed by atoms with Crippen molar-refractivity contribution >= 4 is 12.0 Å². The van der Waals surface area contributed by atoms with E-state index in [2.05, 4.69) is 47.4 Å². The van der Waals surface area contributed by atoms with Gasteiger partial charge in [0.25, 0.3) is 0 Å². The number of hydrogen-bond donors (Lipinski definition) is 5. The number of carbonyl (C=O) groups excluding carboxylic acids is 2. The van der Waals surface area contributed by atoms with E-state index < -0.39 is 36.5 Å². The Morgan fingerprint density at radius 1 is 1.04 bits per heavy atom. The van der Waals surface area contributed by atoms with Gasteiger partial charge in [0.05, 0.1) is 38.1 Å². The summed E-state index contributed by atoms with van der Waals surface area (Å²) < 4.78 is 10.3. The third kappa shape index (κ3) is 8.44. The van der Waals surface area contributed by atoms with Crippen LogP contribution >= 0.6 is 0 Å². The van der Waals surface area contributed by atoms with Gasteiger partial charge < -0.3 is 35.4 Å². The van der Waals surface area contributed by atoms with Gasteiger partial charge in [-0.05, 0) is 116 Å². The summed E-state index contributed by atoms with van der Waals surface area (Å²) in [6, 6.07) is 0. The van der Waals surface area contributed by atoms with E-state index in [4.69, 9.17) is 21.4 Å². The second kappa shape index (κ2) is 16.5. The van der Waals surface area contributed by atoms with Crippen molar-refractivity contribution in [2.45, 2.75) is 109 Å². The Morgan fingerprint density at radius 3 is 2.53 bits per heavy atom. The lowest BCUT2D eigenvalue weighted by Crippen LogP contribution is -2.64. The van der Waals surface area contributed by atoms with E-state index in [0.717, 1.165) is 44.9 Å². The number of aliphatic hydroxyl groups is 3. The van der Waals surface area contributed by atoms with E-state index in [1.54, 1.807) is 0 Å². The quantitative estimate of drug-likeness (QED) is 0.0347. The number of alkyl carbamates (subject to hydrolysis) is 1. The molecular formula is C35H55N5O7. The van der Waals surface area contributed by atoms with Crippen molar-refractivity contribution in [2.24, 2.45) is 51.5 Å². The molecule has 12 nitrogen and oxygen atoms in total. The molecule has 0 saturated heterocycles. The van der Waals surface area contributed by atoms with Crippen LogP contribution in [-0.2, 0) is 14.3 Å². The van der Waals surface area contributed by atoms with Crippen LogP contribution in [0.15, 0.2) is 17.3 Å². The van der Waals surface area contributed by atoms with Gasteiger partial charge in [0, 0.05) is 11.3 Å². The number of aliphatic hydroxyl groups excluding tert-OH is 3. The molecule has 4 aliphatic carbocycles. The fraction of sp³-hybridized carbons (Fsp3) is 0.829. The van der Waals surface area contributed by atoms with E-state index in [0.29, 0.717) is 49.5 Å². The van der Waals surface area contributed by atoms with E-state index >= 15 is 0 Å². The Hall–Kier alpha value is -2.81. The minimum Gasteiger partial charge on any atom is -0.447 e. The highest BCUT2D eigenvalue weighted by Gasteiger charge is 2.65. The summed E-state index contributed by atoms with van der Waals surface area (Å²) in [5.41, 5.74) is 8.74. The first-order chi connectivity index (χ1) is 22.5. The van der Waals surface area contributed by atoms with E-state index in [1.807, 2.05) is 6.08 Å². The van der Waals surface area contributed by atoms with Crippen molar-refractivity contribution in [3.8, 4) is 12.3 Å². The van der Waals surface area contributed by atoms with Crippen LogP contribution in [0.1, 0.15) is 85.0 Å². The number of rotatable bonds is 14. The third-order valence-corrected chi connectivity index (χ3v) is 12.3. The molecular weight excluding hydrogens is 602 g/mol. The standard InChI is InChI=1S/C35H55N5O7/c1-5-6-17-46-18-19-47-33(45)39-28(21-37-40-36)38-29(42)10-8-7-9-22(2)24-11-12-25-30-26(14-16-34(24,25)3)35(4)15-13-23(41)20-27(35)31(43)32(30)44/h1,8,10,22-28,30-32,41,43-44H,6-7,9,11-21H2,2-4H3,(H,38,42)(H,39,45)/t22-,23-,24-,25+,26+,27+,28?,30+,31?,32?,34-,35-/m1/s1. The number of allylic oxidation sites excluding steroid dienone is 1. The molecule has 4 rings (SSSR count). The molecule has 4 saturated carbocycles. The van der Waals surface area contributed by atoms with Gasteiger partial charge in [-0.3, -0.25) is 4.79 Å². The molecule has 4 aliphatic rings. The Kier molecular flexibility index (Phi) is 13.0. The molecule has 12 heteroatoms. The van der Waals surface area contributed by atoms with E-state index in [1.165, 1.54) is 6.08 Å². The molecule has 0 aromatic carbocycles. The van der Waals surface area contributed by atoms with Crippen molar-refractivity contribution in [1.29, 1.82) is 0 Å². The van der Waals surface area contributed by atoms with Crippen LogP contribution in [0.5, 0.6) is 0 Å². The minimum atomic E-state index is -0.938. The lowest BCUT2D eigenvalue weighted by molar-refractivity contribution is -0.223. The van der Waals surface area contributed by atoms with Crippen LogP contribution in [-0.4, -0.2) is 78.2 Å². The topological polar surface area (TPSA) is 186 Å². The zero-order valence-corrected chi connectivity index (χ0v) is 28.2. The summed E-state index contributed by atoms with van der Waals surface area (Å²) in [7, 11) is 0. The number of azide groups is 1. The number of carbonyl (C=O) groups is 2. The number of ether oxygens (including phenoxy) is 2. The second-order valence-corrected chi connectivity index (χ2v) is 14.8. The molecule has 0 aliphatic heterocycles. The molecule has 0 spiro atoms. The number of nitrogens with zero attached hydrogens (tertiary/aromatic N) is 3. The molecule has 0 radical (unpaired) electrons. The number of nitrogens with one attached hydrogen (secondary N) is 2. The van der Waals surface area contributed by atoms with Gasteiger partial charge in [-0.15, -0.1) is 12.3 Å². The van der Waals surface area contributed by atoms with Crippen molar-refractivity contribution in [3.63, 3.8) is 0 Å². The lowest BCUT2D eigenvalue weighted by atomic mass is 9.43. The number of amides is 2. The van der Waals surface area contributed by atoms with E-state index in [-0.39, 0.29) is 42.4 Å². The first kappa shape index (κ1) is 37.0. The highest BCUT2D eigenvalue weighted by atomic mass is 16.6. The number of fused-ring (bicyclic) bond motifs is 5. The average Bonchev–Trinajstić information content (AvgIpc) is 3.40. The first-order valence-corrected chi connectivity index (χ1v) is 17.4. The fourth-order valence-electron chi connectivity index (χ4n) is 10.0. The van der Waals surface area contributed by atoms with Gasteiger partial charge in [0.15, 0.2) is 0 Å². The van der Waals surface area contributed by atoms with E-state index in [9.17, 15) is 24.9 Å². The molecule has 0 heterocycles. The van der Waals surface area contributed by atoms with Gasteiger partial charge in [-0.1, -0.05) is 32.0 Å². The molecule has 0 bridgehead atoms. The van der Waals surface area contributed by atoms with Crippen LogP contribution in [0.25, 0.3) is 10.4 Å². The summed E-state index contributed by atoms with van der Waals surface area (Å²) in [5.74, 6) is 3.68. The van der Waals surface area contributed by atoms with Crippen molar-refractivity contribution in [1.82, 2.24) is 10.6 Å². The molecule has 47 heavy (non-hydrogen) atoms.